The maximum Gasteiger partial charge on any atom is 0.0136 e. The first-order valence-electron chi connectivity index (χ1n) is 6.03. The Hall–Kier alpha value is -0.730. The molecular formula is C14H17NS. The van der Waals surface area contributed by atoms with Crippen LogP contribution in [0.1, 0.15) is 24.3 Å². The first kappa shape index (κ1) is 10.4. The predicted molar refractivity (Wildman–Crippen MR) is 70.1 cm³/mol. The second kappa shape index (κ2) is 4.64. The summed E-state index contributed by atoms with van der Waals surface area (Å²) in [4.78, 5) is 1.49. The molecular weight excluding hydrogens is 214 g/mol. The second-order valence-electron chi connectivity index (χ2n) is 4.59. The normalized spacial score (nSPS) is 23.9. The van der Waals surface area contributed by atoms with Crippen LogP contribution in [0.15, 0.2) is 41.3 Å². The van der Waals surface area contributed by atoms with Gasteiger partial charge in [-0.3, -0.25) is 0 Å². The molecule has 3 rings (SSSR count). The van der Waals surface area contributed by atoms with Crippen molar-refractivity contribution >= 4 is 11.8 Å². The fourth-order valence-electron chi connectivity index (χ4n) is 2.49. The molecule has 0 amide bonds. The van der Waals surface area contributed by atoms with Crippen LogP contribution in [0.2, 0.25) is 0 Å². The highest BCUT2D eigenvalue weighted by Crippen LogP contribution is 2.38. The molecule has 1 heterocycles. The Morgan fingerprint density at radius 2 is 2.00 bits per heavy atom. The van der Waals surface area contributed by atoms with Crippen LogP contribution in [0.25, 0.3) is 0 Å². The molecule has 1 aliphatic carbocycles. The van der Waals surface area contributed by atoms with Crippen molar-refractivity contribution in [1.82, 2.24) is 5.32 Å². The smallest absolute Gasteiger partial charge is 0.0136 e. The van der Waals surface area contributed by atoms with Crippen molar-refractivity contribution in [2.24, 2.45) is 0 Å². The van der Waals surface area contributed by atoms with Crippen molar-refractivity contribution in [1.29, 1.82) is 0 Å². The second-order valence-corrected chi connectivity index (χ2v) is 5.66. The summed E-state index contributed by atoms with van der Waals surface area (Å²) in [5.41, 5.74) is 1.55. The Morgan fingerprint density at radius 3 is 2.88 bits per heavy atom. The standard InChI is InChI=1S/C14H17NS/c1-2-6-12(5-1)15-9-11-10-16-14-8-4-3-7-13(11)14/h1-4,7-8,11-12,15H,5-6,9-10H2. The van der Waals surface area contributed by atoms with Crippen LogP contribution in [0.4, 0.5) is 0 Å². The number of benzene rings is 1. The highest BCUT2D eigenvalue weighted by molar-refractivity contribution is 7.99. The zero-order valence-electron chi connectivity index (χ0n) is 9.36. The number of hydrogen-bond donors (Lipinski definition) is 1. The van der Waals surface area contributed by atoms with Crippen LogP contribution < -0.4 is 5.32 Å². The summed E-state index contributed by atoms with van der Waals surface area (Å²) in [5.74, 6) is 1.95. The molecule has 1 nitrogen and oxygen atoms in total. The van der Waals surface area contributed by atoms with E-state index in [1.165, 1.54) is 23.5 Å². The molecule has 1 aromatic carbocycles. The van der Waals surface area contributed by atoms with Gasteiger partial charge in [-0.25, -0.2) is 0 Å². The summed E-state index contributed by atoms with van der Waals surface area (Å²) in [6.07, 6.45) is 6.99. The van der Waals surface area contributed by atoms with E-state index in [4.69, 9.17) is 0 Å². The monoisotopic (exact) mass is 231 g/mol. The summed E-state index contributed by atoms with van der Waals surface area (Å²) >= 11 is 2.00. The van der Waals surface area contributed by atoms with Gasteiger partial charge < -0.3 is 5.32 Å². The van der Waals surface area contributed by atoms with Crippen LogP contribution in [-0.2, 0) is 0 Å². The highest BCUT2D eigenvalue weighted by Gasteiger charge is 2.23. The summed E-state index contributed by atoms with van der Waals surface area (Å²) in [6, 6.07) is 9.53. The number of fused-ring (bicyclic) bond motifs is 1. The van der Waals surface area contributed by atoms with Gasteiger partial charge in [0, 0.05) is 29.2 Å². The Balaban J connectivity index is 1.60. The maximum absolute atomic E-state index is 3.69. The van der Waals surface area contributed by atoms with Crippen molar-refractivity contribution in [2.45, 2.75) is 29.7 Å². The van der Waals surface area contributed by atoms with Gasteiger partial charge in [-0.15, -0.1) is 11.8 Å². The van der Waals surface area contributed by atoms with Crippen molar-refractivity contribution in [3.8, 4) is 0 Å². The molecule has 1 atom stereocenters. The van der Waals surface area contributed by atoms with E-state index in [0.29, 0.717) is 12.0 Å². The largest absolute Gasteiger partial charge is 0.313 e. The zero-order chi connectivity index (χ0) is 10.8. The molecule has 0 fully saturated rings. The van der Waals surface area contributed by atoms with E-state index in [1.807, 2.05) is 11.8 Å². The minimum absolute atomic E-state index is 0.692. The molecule has 1 N–H and O–H groups in total. The van der Waals surface area contributed by atoms with E-state index in [-0.39, 0.29) is 0 Å². The van der Waals surface area contributed by atoms with Crippen LogP contribution in [-0.4, -0.2) is 18.3 Å². The third-order valence-electron chi connectivity index (χ3n) is 3.46. The average molecular weight is 231 g/mol. The molecule has 1 unspecified atom stereocenters. The third-order valence-corrected chi connectivity index (χ3v) is 4.71. The number of thioether (sulfide) groups is 1. The van der Waals surface area contributed by atoms with E-state index in [1.54, 1.807) is 5.56 Å². The molecule has 16 heavy (non-hydrogen) atoms. The SMILES string of the molecule is C1=CCC(NCC2CSc3ccccc32)C1. The van der Waals surface area contributed by atoms with E-state index < -0.39 is 0 Å². The molecule has 1 aliphatic heterocycles. The lowest BCUT2D eigenvalue weighted by molar-refractivity contribution is 0.514. The summed E-state index contributed by atoms with van der Waals surface area (Å²) in [5, 5.41) is 3.69. The number of hydrogen-bond acceptors (Lipinski definition) is 2. The Labute approximate surface area is 101 Å². The van der Waals surface area contributed by atoms with Gasteiger partial charge in [0.2, 0.25) is 0 Å². The van der Waals surface area contributed by atoms with Gasteiger partial charge in [-0.1, -0.05) is 30.4 Å². The molecule has 0 radical (unpaired) electrons. The van der Waals surface area contributed by atoms with E-state index in [2.05, 4.69) is 41.7 Å². The fourth-order valence-corrected chi connectivity index (χ4v) is 3.75. The Bertz CT molecular complexity index is 391. The Kier molecular flexibility index (Phi) is 3.02. The molecule has 0 aromatic heterocycles. The molecule has 0 bridgehead atoms. The zero-order valence-corrected chi connectivity index (χ0v) is 10.2. The molecule has 2 heteroatoms. The van der Waals surface area contributed by atoms with Crippen molar-refractivity contribution < 1.29 is 0 Å². The predicted octanol–water partition coefficient (Wildman–Crippen LogP) is 3.18. The lowest BCUT2D eigenvalue weighted by Gasteiger charge is -2.16. The third kappa shape index (κ3) is 2.04. The molecule has 0 spiro atoms. The maximum atomic E-state index is 3.69. The highest BCUT2D eigenvalue weighted by atomic mass is 32.2. The van der Waals surface area contributed by atoms with Gasteiger partial charge in [0.05, 0.1) is 0 Å². The molecule has 0 saturated heterocycles. The summed E-state index contributed by atoms with van der Waals surface area (Å²) in [7, 11) is 0. The van der Waals surface area contributed by atoms with Gasteiger partial charge in [-0.05, 0) is 24.5 Å². The minimum atomic E-state index is 0.692. The van der Waals surface area contributed by atoms with Crippen LogP contribution in [0.5, 0.6) is 0 Å². The topological polar surface area (TPSA) is 12.0 Å². The van der Waals surface area contributed by atoms with Gasteiger partial charge >= 0.3 is 0 Å². The lowest BCUT2D eigenvalue weighted by Crippen LogP contribution is -2.30. The van der Waals surface area contributed by atoms with Gasteiger partial charge in [0.15, 0.2) is 0 Å². The lowest BCUT2D eigenvalue weighted by atomic mass is 10.0. The van der Waals surface area contributed by atoms with E-state index in [9.17, 15) is 0 Å². The first-order valence-corrected chi connectivity index (χ1v) is 7.02. The molecule has 1 aromatic rings. The Morgan fingerprint density at radius 1 is 1.19 bits per heavy atom. The van der Waals surface area contributed by atoms with Crippen LogP contribution >= 0.6 is 11.8 Å². The fraction of sp³-hybridized carbons (Fsp3) is 0.429. The number of rotatable bonds is 3. The van der Waals surface area contributed by atoms with Gasteiger partial charge in [-0.2, -0.15) is 0 Å². The summed E-state index contributed by atoms with van der Waals surface area (Å²) < 4.78 is 0. The van der Waals surface area contributed by atoms with E-state index >= 15 is 0 Å². The minimum Gasteiger partial charge on any atom is -0.313 e. The first-order chi connectivity index (χ1) is 7.93. The number of nitrogens with one attached hydrogen (secondary N) is 1. The quantitative estimate of drug-likeness (QED) is 0.802. The van der Waals surface area contributed by atoms with Crippen LogP contribution in [0.3, 0.4) is 0 Å². The molecule has 2 aliphatic rings. The summed E-state index contributed by atoms with van der Waals surface area (Å²) in [6.45, 7) is 1.14. The molecule has 0 saturated carbocycles. The van der Waals surface area contributed by atoms with E-state index in [0.717, 1.165) is 6.54 Å². The van der Waals surface area contributed by atoms with Crippen molar-refractivity contribution in [3.63, 3.8) is 0 Å². The van der Waals surface area contributed by atoms with Crippen molar-refractivity contribution in [2.75, 3.05) is 12.3 Å². The van der Waals surface area contributed by atoms with Gasteiger partial charge in [0.1, 0.15) is 0 Å². The van der Waals surface area contributed by atoms with Gasteiger partial charge in [0.25, 0.3) is 0 Å². The molecule has 84 valence electrons. The van der Waals surface area contributed by atoms with Crippen molar-refractivity contribution in [3.05, 3.63) is 42.0 Å². The van der Waals surface area contributed by atoms with Crippen LogP contribution in [0, 0.1) is 0 Å². The average Bonchev–Trinajstić information content (AvgIpc) is 2.96.